The molecular formula is C15H23N3O. The lowest BCUT2D eigenvalue weighted by Gasteiger charge is -2.32. The quantitative estimate of drug-likeness (QED) is 0.904. The molecule has 1 fully saturated rings. The summed E-state index contributed by atoms with van der Waals surface area (Å²) in [5.74, 6) is 0.996. The minimum Gasteiger partial charge on any atom is -0.397 e. The van der Waals surface area contributed by atoms with Crippen molar-refractivity contribution in [3.05, 3.63) is 24.0 Å². The zero-order valence-corrected chi connectivity index (χ0v) is 11.6. The molecular weight excluding hydrogens is 238 g/mol. The molecule has 0 bridgehead atoms. The Bertz CT molecular complexity index is 408. The van der Waals surface area contributed by atoms with Gasteiger partial charge in [0.15, 0.2) is 0 Å². The number of carbonyl (C=O) groups is 1. The summed E-state index contributed by atoms with van der Waals surface area (Å²) in [4.78, 5) is 18.3. The van der Waals surface area contributed by atoms with Crippen LogP contribution in [0, 0.1) is 5.92 Å². The van der Waals surface area contributed by atoms with Crippen molar-refractivity contribution >= 4 is 11.6 Å². The number of hydrogen-bond acceptors (Lipinski definition) is 3. The summed E-state index contributed by atoms with van der Waals surface area (Å²) in [6.07, 6.45) is 6.83. The summed E-state index contributed by atoms with van der Waals surface area (Å²) >= 11 is 0. The van der Waals surface area contributed by atoms with Gasteiger partial charge in [-0.2, -0.15) is 0 Å². The smallest absolute Gasteiger partial charge is 0.228 e. The number of carbonyl (C=O) groups excluding carboxylic acids is 1. The van der Waals surface area contributed by atoms with Crippen LogP contribution in [0.3, 0.4) is 0 Å². The van der Waals surface area contributed by atoms with Crippen molar-refractivity contribution in [1.82, 2.24) is 9.88 Å². The highest BCUT2D eigenvalue weighted by Crippen LogP contribution is 2.22. The number of likely N-dealkylation sites (tertiary alicyclic amines) is 1. The van der Waals surface area contributed by atoms with Gasteiger partial charge in [-0.1, -0.05) is 19.8 Å². The first-order valence-corrected chi connectivity index (χ1v) is 7.17. The number of aromatic nitrogens is 1. The van der Waals surface area contributed by atoms with E-state index in [0.29, 0.717) is 12.1 Å². The number of anilines is 1. The van der Waals surface area contributed by atoms with Gasteiger partial charge in [-0.3, -0.25) is 9.78 Å². The number of amides is 1. The average molecular weight is 261 g/mol. The molecule has 0 unspecified atom stereocenters. The van der Waals surface area contributed by atoms with Crippen LogP contribution >= 0.6 is 0 Å². The van der Waals surface area contributed by atoms with Crippen LogP contribution in [0.1, 0.15) is 38.3 Å². The molecule has 1 aromatic heterocycles. The predicted octanol–water partition coefficient (Wildman–Crippen LogP) is 2.25. The lowest BCUT2D eigenvalue weighted by Crippen LogP contribution is -2.39. The Hall–Kier alpha value is -1.58. The van der Waals surface area contributed by atoms with Crippen LogP contribution in [0.2, 0.25) is 0 Å². The molecule has 19 heavy (non-hydrogen) atoms. The molecule has 1 aliphatic rings. The van der Waals surface area contributed by atoms with E-state index in [9.17, 15) is 4.79 Å². The average Bonchev–Trinajstić information content (AvgIpc) is 2.42. The van der Waals surface area contributed by atoms with E-state index in [2.05, 4.69) is 11.9 Å². The molecule has 0 aromatic carbocycles. The number of pyridine rings is 1. The third-order valence-corrected chi connectivity index (χ3v) is 3.84. The largest absolute Gasteiger partial charge is 0.397 e. The second kappa shape index (κ2) is 6.55. The van der Waals surface area contributed by atoms with E-state index in [-0.39, 0.29) is 5.91 Å². The molecule has 1 aliphatic heterocycles. The van der Waals surface area contributed by atoms with Crippen LogP contribution < -0.4 is 5.73 Å². The number of hydrogen-bond donors (Lipinski definition) is 1. The zero-order valence-electron chi connectivity index (χ0n) is 11.6. The minimum atomic E-state index is 0.187. The van der Waals surface area contributed by atoms with Crippen LogP contribution in [-0.2, 0) is 11.2 Å². The molecule has 0 saturated carbocycles. The zero-order chi connectivity index (χ0) is 13.7. The summed E-state index contributed by atoms with van der Waals surface area (Å²) in [5.41, 5.74) is 7.02. The van der Waals surface area contributed by atoms with Gasteiger partial charge in [0.2, 0.25) is 5.91 Å². The molecule has 1 aromatic rings. The van der Waals surface area contributed by atoms with Crippen LogP contribution in [-0.4, -0.2) is 28.9 Å². The molecule has 2 N–H and O–H groups in total. The van der Waals surface area contributed by atoms with Gasteiger partial charge < -0.3 is 10.6 Å². The molecule has 1 amide bonds. The number of rotatable bonds is 4. The van der Waals surface area contributed by atoms with E-state index in [0.717, 1.165) is 37.5 Å². The van der Waals surface area contributed by atoms with Gasteiger partial charge in [-0.05, 0) is 30.9 Å². The van der Waals surface area contributed by atoms with E-state index in [1.54, 1.807) is 12.3 Å². The molecule has 0 spiro atoms. The van der Waals surface area contributed by atoms with Gasteiger partial charge in [0.25, 0.3) is 0 Å². The van der Waals surface area contributed by atoms with Crippen LogP contribution in [0.25, 0.3) is 0 Å². The van der Waals surface area contributed by atoms with E-state index >= 15 is 0 Å². The fourth-order valence-corrected chi connectivity index (χ4v) is 2.69. The minimum absolute atomic E-state index is 0.187. The first kappa shape index (κ1) is 13.8. The number of nitrogen functional groups attached to an aromatic ring is 1. The Morgan fingerprint density at radius 3 is 2.74 bits per heavy atom. The van der Waals surface area contributed by atoms with Gasteiger partial charge in [0.05, 0.1) is 18.3 Å². The Kier molecular flexibility index (Phi) is 4.77. The molecule has 1 saturated heterocycles. The van der Waals surface area contributed by atoms with E-state index < -0.39 is 0 Å². The fourth-order valence-electron chi connectivity index (χ4n) is 2.69. The van der Waals surface area contributed by atoms with Gasteiger partial charge in [-0.15, -0.1) is 0 Å². The number of piperidine rings is 1. The maximum atomic E-state index is 12.2. The Labute approximate surface area is 115 Å². The summed E-state index contributed by atoms with van der Waals surface area (Å²) in [6, 6.07) is 3.63. The maximum Gasteiger partial charge on any atom is 0.228 e. The van der Waals surface area contributed by atoms with Crippen molar-refractivity contribution in [1.29, 1.82) is 0 Å². The highest BCUT2D eigenvalue weighted by Gasteiger charge is 2.22. The standard InChI is InChI=1S/C15H23N3O/c1-2-3-12-6-8-18(9-7-12)15(19)10-14-5-4-13(16)11-17-14/h4-5,11-12H,2-3,6-10,16H2,1H3. The normalized spacial score (nSPS) is 16.6. The molecule has 4 nitrogen and oxygen atoms in total. The first-order chi connectivity index (χ1) is 9.19. The van der Waals surface area contributed by atoms with Crippen LogP contribution in [0.4, 0.5) is 5.69 Å². The van der Waals surface area contributed by atoms with E-state index in [1.807, 2.05) is 11.0 Å². The lowest BCUT2D eigenvalue weighted by atomic mass is 9.92. The molecule has 0 radical (unpaired) electrons. The Morgan fingerprint density at radius 1 is 1.42 bits per heavy atom. The Morgan fingerprint density at radius 2 is 2.16 bits per heavy atom. The van der Waals surface area contributed by atoms with Gasteiger partial charge in [0.1, 0.15) is 0 Å². The second-order valence-electron chi connectivity index (χ2n) is 5.37. The highest BCUT2D eigenvalue weighted by atomic mass is 16.2. The van der Waals surface area contributed by atoms with E-state index in [4.69, 9.17) is 5.73 Å². The second-order valence-corrected chi connectivity index (χ2v) is 5.37. The van der Waals surface area contributed by atoms with Crippen molar-refractivity contribution in [2.45, 2.75) is 39.0 Å². The molecule has 0 atom stereocenters. The molecule has 0 aliphatic carbocycles. The first-order valence-electron chi connectivity index (χ1n) is 7.17. The highest BCUT2D eigenvalue weighted by molar-refractivity contribution is 5.78. The van der Waals surface area contributed by atoms with Gasteiger partial charge in [0, 0.05) is 18.8 Å². The molecule has 2 rings (SSSR count). The summed E-state index contributed by atoms with van der Waals surface area (Å²) in [6.45, 7) is 4.03. The maximum absolute atomic E-state index is 12.2. The topological polar surface area (TPSA) is 59.2 Å². The van der Waals surface area contributed by atoms with Crippen LogP contribution in [0.5, 0.6) is 0 Å². The SMILES string of the molecule is CCCC1CCN(C(=O)Cc2ccc(N)cn2)CC1. The monoisotopic (exact) mass is 261 g/mol. The van der Waals surface area contributed by atoms with Gasteiger partial charge in [-0.25, -0.2) is 0 Å². The van der Waals surface area contributed by atoms with Crippen molar-refractivity contribution < 1.29 is 4.79 Å². The van der Waals surface area contributed by atoms with Crippen molar-refractivity contribution in [3.63, 3.8) is 0 Å². The van der Waals surface area contributed by atoms with Crippen molar-refractivity contribution in [3.8, 4) is 0 Å². The lowest BCUT2D eigenvalue weighted by molar-refractivity contribution is -0.131. The summed E-state index contributed by atoms with van der Waals surface area (Å²) in [5, 5.41) is 0. The fraction of sp³-hybridized carbons (Fsp3) is 0.600. The van der Waals surface area contributed by atoms with Crippen molar-refractivity contribution in [2.24, 2.45) is 5.92 Å². The summed E-state index contributed by atoms with van der Waals surface area (Å²) in [7, 11) is 0. The molecule has 104 valence electrons. The molecule has 2 heterocycles. The molecule has 4 heteroatoms. The summed E-state index contributed by atoms with van der Waals surface area (Å²) < 4.78 is 0. The van der Waals surface area contributed by atoms with Crippen molar-refractivity contribution in [2.75, 3.05) is 18.8 Å². The van der Waals surface area contributed by atoms with Crippen LogP contribution in [0.15, 0.2) is 18.3 Å². The number of nitrogens with zero attached hydrogens (tertiary/aromatic N) is 2. The predicted molar refractivity (Wildman–Crippen MR) is 76.6 cm³/mol. The van der Waals surface area contributed by atoms with E-state index in [1.165, 1.54) is 12.8 Å². The van der Waals surface area contributed by atoms with Gasteiger partial charge >= 0.3 is 0 Å². The Balaban J connectivity index is 1.83. The third kappa shape index (κ3) is 3.94. The number of nitrogens with two attached hydrogens (primary N) is 1. The third-order valence-electron chi connectivity index (χ3n) is 3.84.